The molecule has 0 bridgehead atoms. The van der Waals surface area contributed by atoms with Crippen molar-refractivity contribution in [2.45, 2.75) is 26.1 Å². The van der Waals surface area contributed by atoms with Gasteiger partial charge in [0, 0.05) is 24.8 Å². The lowest BCUT2D eigenvalue weighted by Gasteiger charge is -2.28. The van der Waals surface area contributed by atoms with Crippen molar-refractivity contribution in [2.24, 2.45) is 0 Å². The van der Waals surface area contributed by atoms with Gasteiger partial charge in [0.15, 0.2) is 0 Å². The fraction of sp³-hybridized carbons (Fsp3) is 0.308. The van der Waals surface area contributed by atoms with Crippen LogP contribution in [0.25, 0.3) is 0 Å². The lowest BCUT2D eigenvalue weighted by Crippen LogP contribution is -2.31. The van der Waals surface area contributed by atoms with Gasteiger partial charge in [0.2, 0.25) is 0 Å². The second-order valence-electron chi connectivity index (χ2n) is 7.44. The summed E-state index contributed by atoms with van der Waals surface area (Å²) in [4.78, 5) is 19.5. The third-order valence-corrected chi connectivity index (χ3v) is 5.30. The average molecular weight is 450 g/mol. The van der Waals surface area contributed by atoms with Gasteiger partial charge in [0.05, 0.1) is 20.8 Å². The molecule has 0 aliphatic carbocycles. The molecule has 3 aromatic rings. The average Bonchev–Trinajstić information content (AvgIpc) is 2.85. The zero-order chi connectivity index (χ0) is 23.6. The molecule has 1 unspecified atom stereocenters. The van der Waals surface area contributed by atoms with E-state index in [1.165, 1.54) is 0 Å². The third kappa shape index (κ3) is 6.23. The number of rotatable bonds is 11. The van der Waals surface area contributed by atoms with Gasteiger partial charge >= 0.3 is 5.97 Å². The minimum absolute atomic E-state index is 0.314. The maximum atomic E-state index is 12.6. The molecule has 0 saturated carbocycles. The number of methoxy groups -OCH3 is 2. The van der Waals surface area contributed by atoms with E-state index in [-0.39, 0.29) is 5.97 Å². The highest BCUT2D eigenvalue weighted by molar-refractivity contribution is 5.79. The van der Waals surface area contributed by atoms with Crippen LogP contribution in [-0.2, 0) is 22.6 Å². The number of aromatic nitrogens is 1. The number of ether oxygens (including phenoxy) is 3. The molecule has 2 aromatic carbocycles. The van der Waals surface area contributed by atoms with Crippen molar-refractivity contribution in [1.82, 2.24) is 10.3 Å². The number of esters is 1. The summed E-state index contributed by atoms with van der Waals surface area (Å²) in [6, 6.07) is 19.0. The molecule has 0 aliphatic rings. The van der Waals surface area contributed by atoms with Crippen LogP contribution in [0.1, 0.15) is 29.7 Å². The summed E-state index contributed by atoms with van der Waals surface area (Å²) >= 11 is 0. The molecular formula is C26H31N3O4. The monoisotopic (exact) mass is 449 g/mol. The highest BCUT2D eigenvalue weighted by atomic mass is 16.5. The van der Waals surface area contributed by atoms with Crippen LogP contribution < -0.4 is 19.7 Å². The normalized spacial score (nSPS) is 11.5. The molecule has 0 radical (unpaired) electrons. The van der Waals surface area contributed by atoms with Gasteiger partial charge in [0.25, 0.3) is 0 Å². The zero-order valence-electron chi connectivity index (χ0n) is 19.6. The first-order chi connectivity index (χ1) is 16.1. The van der Waals surface area contributed by atoms with Crippen LogP contribution in [-0.4, -0.2) is 38.8 Å². The van der Waals surface area contributed by atoms with Gasteiger partial charge in [-0.1, -0.05) is 30.3 Å². The molecule has 0 amide bonds. The Morgan fingerprint density at radius 1 is 0.939 bits per heavy atom. The first kappa shape index (κ1) is 24.1. The second-order valence-corrected chi connectivity index (χ2v) is 7.44. The summed E-state index contributed by atoms with van der Waals surface area (Å²) in [6.45, 7) is 3.31. The number of anilines is 1. The Morgan fingerprint density at radius 2 is 1.48 bits per heavy atom. The molecule has 1 N–H and O–H groups in total. The molecule has 0 fully saturated rings. The fourth-order valence-corrected chi connectivity index (χ4v) is 3.63. The fourth-order valence-electron chi connectivity index (χ4n) is 3.63. The van der Waals surface area contributed by atoms with E-state index in [4.69, 9.17) is 14.2 Å². The van der Waals surface area contributed by atoms with Gasteiger partial charge < -0.3 is 24.4 Å². The standard InChI is InChI=1S/C26H31N3O4/c1-5-33-26(30)24(27-2)23-7-6-16-28-25(23)29(17-19-8-12-21(31-3)13-9-19)18-20-10-14-22(32-4)15-11-20/h6-16,24,27H,5,17-18H2,1-4H3. The Balaban J connectivity index is 1.99. The maximum Gasteiger partial charge on any atom is 0.327 e. The number of nitrogens with one attached hydrogen (secondary N) is 1. The number of hydrogen-bond acceptors (Lipinski definition) is 7. The van der Waals surface area contributed by atoms with E-state index in [2.05, 4.69) is 15.2 Å². The van der Waals surface area contributed by atoms with Crippen LogP contribution in [0, 0.1) is 0 Å². The Morgan fingerprint density at radius 3 is 1.94 bits per heavy atom. The summed E-state index contributed by atoms with van der Waals surface area (Å²) in [5, 5.41) is 3.08. The van der Waals surface area contributed by atoms with Crippen LogP contribution >= 0.6 is 0 Å². The van der Waals surface area contributed by atoms with Crippen LogP contribution in [0.5, 0.6) is 11.5 Å². The molecule has 1 heterocycles. The minimum Gasteiger partial charge on any atom is -0.497 e. The smallest absolute Gasteiger partial charge is 0.327 e. The van der Waals surface area contributed by atoms with E-state index in [9.17, 15) is 4.79 Å². The molecule has 7 heteroatoms. The Bertz CT molecular complexity index is 973. The molecule has 1 aromatic heterocycles. The molecule has 3 rings (SSSR count). The van der Waals surface area contributed by atoms with Gasteiger partial charge in [0.1, 0.15) is 23.4 Å². The quantitative estimate of drug-likeness (QED) is 0.441. The van der Waals surface area contributed by atoms with Gasteiger partial charge in [-0.3, -0.25) is 0 Å². The zero-order valence-corrected chi connectivity index (χ0v) is 19.6. The summed E-state index contributed by atoms with van der Waals surface area (Å²) < 4.78 is 15.9. The molecule has 1 atom stereocenters. The van der Waals surface area contributed by atoms with Crippen LogP contribution in [0.4, 0.5) is 5.82 Å². The maximum absolute atomic E-state index is 12.6. The lowest BCUT2D eigenvalue weighted by atomic mass is 10.1. The van der Waals surface area contributed by atoms with Crippen molar-refractivity contribution >= 4 is 11.8 Å². The summed E-state index contributed by atoms with van der Waals surface area (Å²) in [6.07, 6.45) is 1.74. The number of carbonyl (C=O) groups excluding carboxylic acids is 1. The largest absolute Gasteiger partial charge is 0.497 e. The van der Waals surface area contributed by atoms with E-state index in [1.807, 2.05) is 60.7 Å². The minimum atomic E-state index is -0.622. The second kappa shape index (κ2) is 11.9. The highest BCUT2D eigenvalue weighted by Gasteiger charge is 2.26. The lowest BCUT2D eigenvalue weighted by molar-refractivity contribution is -0.145. The van der Waals surface area contributed by atoms with E-state index in [1.54, 1.807) is 34.4 Å². The highest BCUT2D eigenvalue weighted by Crippen LogP contribution is 2.28. The first-order valence-electron chi connectivity index (χ1n) is 10.9. The van der Waals surface area contributed by atoms with Gasteiger partial charge in [-0.05, 0) is 55.4 Å². The van der Waals surface area contributed by atoms with Gasteiger partial charge in [-0.15, -0.1) is 0 Å². The van der Waals surface area contributed by atoms with E-state index in [0.717, 1.165) is 34.0 Å². The van der Waals surface area contributed by atoms with Crippen molar-refractivity contribution in [2.75, 3.05) is 32.8 Å². The van der Waals surface area contributed by atoms with E-state index < -0.39 is 6.04 Å². The molecular weight excluding hydrogens is 418 g/mol. The predicted molar refractivity (Wildman–Crippen MR) is 129 cm³/mol. The number of carbonyl (C=O) groups is 1. The van der Waals surface area contributed by atoms with Crippen molar-refractivity contribution < 1.29 is 19.0 Å². The number of likely N-dealkylation sites (N-methyl/N-ethyl adjacent to an activating group) is 1. The van der Waals surface area contributed by atoms with Crippen molar-refractivity contribution in [3.05, 3.63) is 83.6 Å². The summed E-state index contributed by atoms with van der Waals surface area (Å²) in [5.41, 5.74) is 2.96. The number of hydrogen-bond donors (Lipinski definition) is 1. The summed E-state index contributed by atoms with van der Waals surface area (Å²) in [7, 11) is 5.05. The van der Waals surface area contributed by atoms with Crippen LogP contribution in [0.2, 0.25) is 0 Å². The topological polar surface area (TPSA) is 72.9 Å². The number of benzene rings is 2. The van der Waals surface area contributed by atoms with E-state index in [0.29, 0.717) is 19.7 Å². The molecule has 0 saturated heterocycles. The molecule has 7 nitrogen and oxygen atoms in total. The number of pyridine rings is 1. The summed E-state index contributed by atoms with van der Waals surface area (Å²) in [5.74, 6) is 1.99. The van der Waals surface area contributed by atoms with E-state index >= 15 is 0 Å². The van der Waals surface area contributed by atoms with Gasteiger partial charge in [-0.25, -0.2) is 9.78 Å². The van der Waals surface area contributed by atoms with Crippen molar-refractivity contribution in [1.29, 1.82) is 0 Å². The Labute approximate surface area is 195 Å². The first-order valence-corrected chi connectivity index (χ1v) is 10.9. The SMILES string of the molecule is CCOC(=O)C(NC)c1cccnc1N(Cc1ccc(OC)cc1)Cc1ccc(OC)cc1. The van der Waals surface area contributed by atoms with Crippen molar-refractivity contribution in [3.8, 4) is 11.5 Å². The molecule has 0 aliphatic heterocycles. The predicted octanol–water partition coefficient (Wildman–Crippen LogP) is 4.13. The Kier molecular flexibility index (Phi) is 8.66. The molecule has 174 valence electrons. The van der Waals surface area contributed by atoms with Gasteiger partial charge in [-0.2, -0.15) is 0 Å². The Hall–Kier alpha value is -3.58. The van der Waals surface area contributed by atoms with Crippen LogP contribution in [0.3, 0.4) is 0 Å². The van der Waals surface area contributed by atoms with Crippen LogP contribution in [0.15, 0.2) is 66.9 Å². The number of nitrogens with zero attached hydrogens (tertiary/aromatic N) is 2. The van der Waals surface area contributed by atoms with Crippen molar-refractivity contribution in [3.63, 3.8) is 0 Å². The molecule has 33 heavy (non-hydrogen) atoms. The molecule has 0 spiro atoms. The third-order valence-electron chi connectivity index (χ3n) is 5.30.